The maximum Gasteiger partial charge on any atom is 0.251 e. The summed E-state index contributed by atoms with van der Waals surface area (Å²) in [4.78, 5) is 31.0. The van der Waals surface area contributed by atoms with Gasteiger partial charge in [-0.1, -0.05) is 74.9 Å². The molecule has 2 amide bonds. The van der Waals surface area contributed by atoms with Crippen LogP contribution in [0.2, 0.25) is 0 Å². The third-order valence-corrected chi connectivity index (χ3v) is 8.31. The van der Waals surface area contributed by atoms with Crippen LogP contribution in [0.5, 0.6) is 0 Å². The zero-order chi connectivity index (χ0) is 31.2. The molecule has 6 nitrogen and oxygen atoms in total. The molecular formula is C36H47FN4O2. The van der Waals surface area contributed by atoms with E-state index < -0.39 is 11.1 Å². The Kier molecular flexibility index (Phi) is 10.3. The summed E-state index contributed by atoms with van der Waals surface area (Å²) in [5.41, 5.74) is 3.50. The molecule has 5 rings (SSSR count). The number of fused-ring (bicyclic) bond motifs is 3. The lowest BCUT2D eigenvalue weighted by atomic mass is 9.73. The second kappa shape index (κ2) is 13.7. The molecule has 1 aliphatic carbocycles. The largest absolute Gasteiger partial charge is 0.378 e. The van der Waals surface area contributed by atoms with Crippen molar-refractivity contribution in [3.63, 3.8) is 0 Å². The summed E-state index contributed by atoms with van der Waals surface area (Å²) < 4.78 is 14.4. The molecule has 43 heavy (non-hydrogen) atoms. The second-order valence-corrected chi connectivity index (χ2v) is 12.2. The second-order valence-electron chi connectivity index (χ2n) is 12.2. The standard InChI is InChI=1S/C34H41FN4O2.C2H6/c1-33(2,35)23-36-32(41)34(29-16-7-5-14-27(29)28-15-6-8-17-30(28)34)18-9-10-19-39-21-25(22-39)37-31(40)24-12-11-13-26(20-24)38(3)4;1-2/h5-8,11-17,20,25H,9-10,18-19,21-23H2,1-4H3,(H,36,41)(H,37,40);1-2H3. The summed E-state index contributed by atoms with van der Waals surface area (Å²) in [7, 11) is 3.92. The van der Waals surface area contributed by atoms with E-state index in [1.807, 2.05) is 93.5 Å². The van der Waals surface area contributed by atoms with Crippen LogP contribution in [0.4, 0.5) is 10.1 Å². The number of anilines is 1. The number of benzene rings is 3. The Morgan fingerprint density at radius 3 is 2.12 bits per heavy atom. The predicted molar refractivity (Wildman–Crippen MR) is 175 cm³/mol. The number of hydrogen-bond acceptors (Lipinski definition) is 4. The van der Waals surface area contributed by atoms with Gasteiger partial charge in [0.25, 0.3) is 5.91 Å². The van der Waals surface area contributed by atoms with Crippen LogP contribution in [0.1, 0.15) is 68.4 Å². The third-order valence-electron chi connectivity index (χ3n) is 8.31. The van der Waals surface area contributed by atoms with Crippen LogP contribution in [0.25, 0.3) is 11.1 Å². The maximum atomic E-state index is 14.4. The quantitative estimate of drug-likeness (QED) is 0.263. The molecule has 0 radical (unpaired) electrons. The van der Waals surface area contributed by atoms with Crippen LogP contribution in [0.3, 0.4) is 0 Å². The Morgan fingerprint density at radius 1 is 0.930 bits per heavy atom. The van der Waals surface area contributed by atoms with Crippen molar-refractivity contribution in [2.75, 3.05) is 45.2 Å². The number of halogens is 1. The van der Waals surface area contributed by atoms with Crippen molar-refractivity contribution in [1.82, 2.24) is 15.5 Å². The third kappa shape index (κ3) is 7.10. The Bertz CT molecular complexity index is 1360. The van der Waals surface area contributed by atoms with Crippen molar-refractivity contribution in [3.05, 3.63) is 89.5 Å². The van der Waals surface area contributed by atoms with E-state index in [2.05, 4.69) is 27.7 Å². The molecule has 1 heterocycles. The molecule has 0 unspecified atom stereocenters. The number of likely N-dealkylation sites (tertiary alicyclic amines) is 1. The van der Waals surface area contributed by atoms with Crippen molar-refractivity contribution >= 4 is 17.5 Å². The summed E-state index contributed by atoms with van der Waals surface area (Å²) in [6.45, 7) is 9.49. The summed E-state index contributed by atoms with van der Waals surface area (Å²) in [6, 6.07) is 24.0. The lowest BCUT2D eigenvalue weighted by molar-refractivity contribution is -0.126. The van der Waals surface area contributed by atoms with E-state index in [1.165, 1.54) is 13.8 Å². The first kappa shape index (κ1) is 32.2. The van der Waals surface area contributed by atoms with Crippen molar-refractivity contribution in [2.45, 2.75) is 64.1 Å². The number of carbonyl (C=O) groups is 2. The summed E-state index contributed by atoms with van der Waals surface area (Å²) >= 11 is 0. The average molecular weight is 587 g/mol. The molecule has 1 saturated heterocycles. The smallest absolute Gasteiger partial charge is 0.251 e. The number of rotatable bonds is 11. The summed E-state index contributed by atoms with van der Waals surface area (Å²) in [5.74, 6) is -0.174. The monoisotopic (exact) mass is 586 g/mol. The van der Waals surface area contributed by atoms with Crippen LogP contribution in [0, 0.1) is 0 Å². The highest BCUT2D eigenvalue weighted by Crippen LogP contribution is 2.51. The minimum atomic E-state index is -1.49. The number of nitrogens with one attached hydrogen (secondary N) is 2. The SMILES string of the molecule is CC.CN(C)c1cccc(C(=O)NC2CN(CCCCC3(C(=O)NCC(C)(C)F)c4ccccc4-c4ccccc43)C2)c1. The summed E-state index contributed by atoms with van der Waals surface area (Å²) in [5, 5.41) is 6.09. The number of hydrogen-bond donors (Lipinski definition) is 2. The summed E-state index contributed by atoms with van der Waals surface area (Å²) in [6.07, 6.45) is 2.43. The zero-order valence-electron chi connectivity index (χ0n) is 26.5. The van der Waals surface area contributed by atoms with Crippen molar-refractivity contribution in [2.24, 2.45) is 0 Å². The van der Waals surface area contributed by atoms with Gasteiger partial charge in [0.05, 0.1) is 12.6 Å². The molecule has 3 aromatic carbocycles. The molecule has 0 saturated carbocycles. The first-order chi connectivity index (χ1) is 20.6. The van der Waals surface area contributed by atoms with E-state index in [1.54, 1.807) is 0 Å². The zero-order valence-corrected chi connectivity index (χ0v) is 26.5. The fourth-order valence-electron chi connectivity index (χ4n) is 6.16. The average Bonchev–Trinajstić information content (AvgIpc) is 3.27. The minimum absolute atomic E-state index is 0.0295. The van der Waals surface area contributed by atoms with E-state index in [-0.39, 0.29) is 24.4 Å². The molecular weight excluding hydrogens is 539 g/mol. The van der Waals surface area contributed by atoms with E-state index in [0.29, 0.717) is 12.0 Å². The minimum Gasteiger partial charge on any atom is -0.378 e. The topological polar surface area (TPSA) is 64.7 Å². The van der Waals surface area contributed by atoms with Gasteiger partial charge in [-0.25, -0.2) is 4.39 Å². The predicted octanol–water partition coefficient (Wildman–Crippen LogP) is 6.19. The Labute approximate surface area is 256 Å². The van der Waals surface area contributed by atoms with Crippen LogP contribution in [-0.2, 0) is 10.2 Å². The first-order valence-corrected chi connectivity index (χ1v) is 15.6. The van der Waals surface area contributed by atoms with E-state index in [0.717, 1.165) is 60.4 Å². The van der Waals surface area contributed by atoms with Crippen molar-refractivity contribution in [1.29, 1.82) is 0 Å². The normalized spacial score (nSPS) is 15.3. The number of nitrogens with zero attached hydrogens (tertiary/aromatic N) is 2. The molecule has 230 valence electrons. The number of alkyl halides is 1. The molecule has 0 bridgehead atoms. The molecule has 2 aliphatic rings. The van der Waals surface area contributed by atoms with Crippen LogP contribution in [-0.4, -0.2) is 68.7 Å². The van der Waals surface area contributed by atoms with Gasteiger partial charge in [-0.15, -0.1) is 0 Å². The van der Waals surface area contributed by atoms with Gasteiger partial charge in [0.1, 0.15) is 11.1 Å². The highest BCUT2D eigenvalue weighted by molar-refractivity contribution is 6.00. The van der Waals surface area contributed by atoms with E-state index in [9.17, 15) is 14.0 Å². The molecule has 2 N–H and O–H groups in total. The number of carbonyl (C=O) groups excluding carboxylic acids is 2. The molecule has 0 aromatic heterocycles. The van der Waals surface area contributed by atoms with Gasteiger partial charge in [0, 0.05) is 38.4 Å². The molecule has 1 aliphatic heterocycles. The molecule has 0 spiro atoms. The fraction of sp³-hybridized carbons (Fsp3) is 0.444. The van der Waals surface area contributed by atoms with Crippen molar-refractivity contribution in [3.8, 4) is 11.1 Å². The lowest BCUT2D eigenvalue weighted by Crippen LogP contribution is -2.59. The van der Waals surface area contributed by atoms with E-state index >= 15 is 0 Å². The van der Waals surface area contributed by atoms with Gasteiger partial charge in [-0.05, 0) is 73.7 Å². The number of unbranched alkanes of at least 4 members (excludes halogenated alkanes) is 1. The maximum absolute atomic E-state index is 14.4. The highest BCUT2D eigenvalue weighted by Gasteiger charge is 2.48. The highest BCUT2D eigenvalue weighted by atomic mass is 19.1. The lowest BCUT2D eigenvalue weighted by Gasteiger charge is -2.40. The Morgan fingerprint density at radius 2 is 1.53 bits per heavy atom. The van der Waals surface area contributed by atoms with Gasteiger partial charge in [0.15, 0.2) is 0 Å². The number of amides is 2. The Balaban J connectivity index is 0.00000207. The van der Waals surface area contributed by atoms with Crippen molar-refractivity contribution < 1.29 is 14.0 Å². The van der Waals surface area contributed by atoms with Gasteiger partial charge >= 0.3 is 0 Å². The van der Waals surface area contributed by atoms with Crippen LogP contribution >= 0.6 is 0 Å². The van der Waals surface area contributed by atoms with Gasteiger partial charge < -0.3 is 15.5 Å². The van der Waals surface area contributed by atoms with E-state index in [4.69, 9.17) is 0 Å². The van der Waals surface area contributed by atoms with Gasteiger partial charge in [-0.2, -0.15) is 0 Å². The molecule has 1 fully saturated rings. The first-order valence-electron chi connectivity index (χ1n) is 15.6. The molecule has 3 aromatic rings. The van der Waals surface area contributed by atoms with Crippen LogP contribution < -0.4 is 15.5 Å². The fourth-order valence-corrected chi connectivity index (χ4v) is 6.16. The molecule has 7 heteroatoms. The van der Waals surface area contributed by atoms with Crippen LogP contribution in [0.15, 0.2) is 72.8 Å². The van der Waals surface area contributed by atoms with Gasteiger partial charge in [0.2, 0.25) is 5.91 Å². The van der Waals surface area contributed by atoms with Gasteiger partial charge in [-0.3, -0.25) is 14.5 Å². The Hall–Kier alpha value is -3.71. The molecule has 0 atom stereocenters.